The summed E-state index contributed by atoms with van der Waals surface area (Å²) >= 11 is 0. The molecule has 0 aliphatic carbocycles. The van der Waals surface area contributed by atoms with Gasteiger partial charge in [0.15, 0.2) is 0 Å². The smallest absolute Gasteiger partial charge is 0.324 e. The Kier molecular flexibility index (Phi) is 5.75. The Morgan fingerprint density at radius 2 is 1.76 bits per heavy atom. The summed E-state index contributed by atoms with van der Waals surface area (Å²) in [4.78, 5) is 39.3. The summed E-state index contributed by atoms with van der Waals surface area (Å²) in [6, 6.07) is 13.8. The second-order valence-corrected chi connectivity index (χ2v) is 7.69. The summed E-state index contributed by atoms with van der Waals surface area (Å²) in [6.07, 6.45) is -3.79. The van der Waals surface area contributed by atoms with Crippen molar-refractivity contribution >= 4 is 23.2 Å². The van der Waals surface area contributed by atoms with Crippen LogP contribution in [0.3, 0.4) is 0 Å². The molecule has 1 atom stereocenters. The third-order valence-electron chi connectivity index (χ3n) is 5.30. The Morgan fingerprint density at radius 1 is 1.06 bits per heavy atom. The van der Waals surface area contributed by atoms with Gasteiger partial charge in [0.05, 0.1) is 5.56 Å². The minimum Gasteiger partial charge on any atom is -0.324 e. The third kappa shape index (κ3) is 4.64. The lowest BCUT2D eigenvalue weighted by atomic mass is 10.1. The largest absolute Gasteiger partial charge is 0.416 e. The van der Waals surface area contributed by atoms with E-state index in [9.17, 15) is 27.6 Å². The molecule has 7 nitrogen and oxygen atoms in total. The zero-order valence-electron chi connectivity index (χ0n) is 17.5. The number of para-hydroxylation sites is 1. The van der Waals surface area contributed by atoms with Gasteiger partial charge in [-0.05, 0) is 55.3 Å². The van der Waals surface area contributed by atoms with Crippen molar-refractivity contribution in [1.82, 2.24) is 9.78 Å². The molecule has 1 aliphatic heterocycles. The highest BCUT2D eigenvalue weighted by Crippen LogP contribution is 2.33. The molecule has 2 amide bonds. The van der Waals surface area contributed by atoms with Gasteiger partial charge in [-0.3, -0.25) is 14.4 Å². The van der Waals surface area contributed by atoms with Gasteiger partial charge >= 0.3 is 6.18 Å². The molecule has 1 N–H and O–H groups in total. The number of fused-ring (bicyclic) bond motifs is 1. The molecule has 33 heavy (non-hydrogen) atoms. The van der Waals surface area contributed by atoms with Gasteiger partial charge in [0.2, 0.25) is 5.91 Å². The Balaban J connectivity index is 1.50. The van der Waals surface area contributed by atoms with Gasteiger partial charge in [-0.25, -0.2) is 4.68 Å². The number of nitrogens with zero attached hydrogens (tertiary/aromatic N) is 3. The van der Waals surface area contributed by atoms with Crippen LogP contribution in [0.15, 0.2) is 65.5 Å². The highest BCUT2D eigenvalue weighted by molar-refractivity contribution is 6.06. The summed E-state index contributed by atoms with van der Waals surface area (Å²) < 4.78 is 38.9. The molecule has 0 unspecified atom stereocenters. The maximum atomic E-state index is 13.1. The van der Waals surface area contributed by atoms with Gasteiger partial charge in [0, 0.05) is 23.5 Å². The van der Waals surface area contributed by atoms with Gasteiger partial charge in [0.25, 0.3) is 11.5 Å². The molecule has 2 heterocycles. The van der Waals surface area contributed by atoms with Crippen LogP contribution in [0.5, 0.6) is 0 Å². The van der Waals surface area contributed by atoms with E-state index in [0.29, 0.717) is 6.42 Å². The highest BCUT2D eigenvalue weighted by atomic mass is 19.4. The number of nitrogens with one attached hydrogen (secondary N) is 1. The Bertz CT molecular complexity index is 1270. The molecule has 0 saturated carbocycles. The average Bonchev–Trinajstić information content (AvgIpc) is 3.10. The molecule has 3 aromatic rings. The summed E-state index contributed by atoms with van der Waals surface area (Å²) in [5.74, 6) is -1.07. The van der Waals surface area contributed by atoms with Gasteiger partial charge < -0.3 is 10.2 Å². The van der Waals surface area contributed by atoms with Crippen LogP contribution in [-0.2, 0) is 23.9 Å². The first-order chi connectivity index (χ1) is 15.6. The molecule has 0 radical (unpaired) electrons. The second kappa shape index (κ2) is 8.53. The normalized spacial score (nSPS) is 15.3. The third-order valence-corrected chi connectivity index (χ3v) is 5.30. The fraction of sp³-hybridized carbons (Fsp3) is 0.217. The van der Waals surface area contributed by atoms with Gasteiger partial charge in [-0.15, -0.1) is 0 Å². The number of carbonyl (C=O) groups excluding carboxylic acids is 2. The Morgan fingerprint density at radius 3 is 2.45 bits per heavy atom. The SMILES string of the molecule is C[C@@H]1Cc2ccccc2N1C(=O)c1ccc(=O)n(CC(=O)Nc2ccc(C(F)(F)F)cc2)n1. The van der Waals surface area contributed by atoms with E-state index in [-0.39, 0.29) is 17.4 Å². The molecule has 0 fully saturated rings. The summed E-state index contributed by atoms with van der Waals surface area (Å²) in [6.45, 7) is 1.40. The monoisotopic (exact) mass is 456 g/mol. The number of halogens is 3. The van der Waals surface area contributed by atoms with Crippen molar-refractivity contribution < 1.29 is 22.8 Å². The van der Waals surface area contributed by atoms with Crippen LogP contribution in [0, 0.1) is 0 Å². The van der Waals surface area contributed by atoms with Crippen molar-refractivity contribution in [3.63, 3.8) is 0 Å². The summed E-state index contributed by atoms with van der Waals surface area (Å²) in [5, 5.41) is 6.47. The number of alkyl halides is 3. The molecule has 4 rings (SSSR count). The Labute approximate surface area is 186 Å². The van der Waals surface area contributed by atoms with Crippen molar-refractivity contribution in [3.05, 3.63) is 87.8 Å². The molecule has 0 saturated heterocycles. The number of benzene rings is 2. The molecule has 1 aromatic heterocycles. The summed E-state index contributed by atoms with van der Waals surface area (Å²) in [7, 11) is 0. The fourth-order valence-electron chi connectivity index (χ4n) is 3.75. The van der Waals surface area contributed by atoms with Crippen LogP contribution in [0.2, 0.25) is 0 Å². The maximum Gasteiger partial charge on any atom is 0.416 e. The number of anilines is 2. The minimum absolute atomic E-state index is 0.000447. The van der Waals surface area contributed by atoms with Crippen LogP contribution in [-0.4, -0.2) is 27.6 Å². The van der Waals surface area contributed by atoms with E-state index in [1.807, 2.05) is 31.2 Å². The van der Waals surface area contributed by atoms with Crippen molar-refractivity contribution in [2.45, 2.75) is 32.1 Å². The zero-order valence-corrected chi connectivity index (χ0v) is 17.5. The first kappa shape index (κ1) is 22.3. The number of aromatic nitrogens is 2. The van der Waals surface area contributed by atoms with E-state index in [1.54, 1.807) is 4.90 Å². The summed E-state index contributed by atoms with van der Waals surface area (Å²) in [5.41, 5.74) is 0.500. The standard InChI is InChI=1S/C23H19F3N4O3/c1-14-12-15-4-2-3-5-19(15)30(14)22(33)18-10-11-21(32)29(28-18)13-20(31)27-17-8-6-16(7-9-17)23(24,25)26/h2-11,14H,12-13H2,1H3,(H,27,31)/t14-/m1/s1. The number of rotatable bonds is 4. The van der Waals surface area contributed by atoms with Crippen LogP contribution in [0.25, 0.3) is 0 Å². The molecular weight excluding hydrogens is 437 g/mol. The maximum absolute atomic E-state index is 13.1. The van der Waals surface area contributed by atoms with E-state index in [2.05, 4.69) is 10.4 Å². The van der Waals surface area contributed by atoms with Crippen molar-refractivity contribution in [3.8, 4) is 0 Å². The van der Waals surface area contributed by atoms with Crippen LogP contribution >= 0.6 is 0 Å². The van der Waals surface area contributed by atoms with E-state index in [4.69, 9.17) is 0 Å². The predicted molar refractivity (Wildman–Crippen MR) is 115 cm³/mol. The quantitative estimate of drug-likeness (QED) is 0.652. The number of hydrogen-bond donors (Lipinski definition) is 1. The molecule has 2 aromatic carbocycles. The van der Waals surface area contributed by atoms with Gasteiger partial charge in [0.1, 0.15) is 12.2 Å². The molecule has 1 aliphatic rings. The number of amides is 2. The Hall–Kier alpha value is -3.95. The van der Waals surface area contributed by atoms with Crippen LogP contribution in [0.1, 0.15) is 28.5 Å². The lowest BCUT2D eigenvalue weighted by Gasteiger charge is -2.22. The minimum atomic E-state index is -4.49. The van der Waals surface area contributed by atoms with Crippen molar-refractivity contribution in [2.24, 2.45) is 0 Å². The second-order valence-electron chi connectivity index (χ2n) is 7.69. The average molecular weight is 456 g/mol. The van der Waals surface area contributed by atoms with Crippen LogP contribution < -0.4 is 15.8 Å². The fourth-order valence-corrected chi connectivity index (χ4v) is 3.75. The van der Waals surface area contributed by atoms with Gasteiger partial charge in [-0.1, -0.05) is 18.2 Å². The molecule has 10 heteroatoms. The van der Waals surface area contributed by atoms with Crippen molar-refractivity contribution in [2.75, 3.05) is 10.2 Å². The number of carbonyl (C=O) groups is 2. The molecule has 0 bridgehead atoms. The lowest BCUT2D eigenvalue weighted by molar-refractivity contribution is -0.137. The molecular formula is C23H19F3N4O3. The van der Waals surface area contributed by atoms with E-state index < -0.39 is 35.7 Å². The van der Waals surface area contributed by atoms with E-state index in [0.717, 1.165) is 46.3 Å². The first-order valence-electron chi connectivity index (χ1n) is 10.1. The zero-order chi connectivity index (χ0) is 23.8. The highest BCUT2D eigenvalue weighted by Gasteiger charge is 2.32. The lowest BCUT2D eigenvalue weighted by Crippen LogP contribution is -2.38. The van der Waals surface area contributed by atoms with E-state index >= 15 is 0 Å². The van der Waals surface area contributed by atoms with Crippen LogP contribution in [0.4, 0.5) is 24.5 Å². The van der Waals surface area contributed by atoms with Gasteiger partial charge in [-0.2, -0.15) is 18.3 Å². The first-order valence-corrected chi connectivity index (χ1v) is 10.1. The van der Waals surface area contributed by atoms with Crippen molar-refractivity contribution in [1.29, 1.82) is 0 Å². The van der Waals surface area contributed by atoms with E-state index in [1.165, 1.54) is 6.07 Å². The topological polar surface area (TPSA) is 84.3 Å². The predicted octanol–water partition coefficient (Wildman–Crippen LogP) is 3.49. The number of hydrogen-bond acceptors (Lipinski definition) is 4. The molecule has 0 spiro atoms. The molecule has 170 valence electrons.